The SMILES string of the molecule is CC(C)C[C@@H]1NC(=O)CNC(=O)[C@@H](C)N(C)C(=O)CN(C)C1=O. The average molecular weight is 326 g/mol. The summed E-state index contributed by atoms with van der Waals surface area (Å²) in [6, 6.07) is -1.43. The Morgan fingerprint density at radius 1 is 1.17 bits per heavy atom. The van der Waals surface area contributed by atoms with Gasteiger partial charge in [-0.25, -0.2) is 0 Å². The maximum absolute atomic E-state index is 12.5. The molecule has 8 nitrogen and oxygen atoms in total. The fourth-order valence-corrected chi connectivity index (χ4v) is 2.30. The van der Waals surface area contributed by atoms with Gasteiger partial charge in [0.1, 0.15) is 12.1 Å². The first kappa shape index (κ1) is 18.9. The summed E-state index contributed by atoms with van der Waals surface area (Å²) in [5.41, 5.74) is 0. The van der Waals surface area contributed by atoms with E-state index in [2.05, 4.69) is 10.6 Å². The third kappa shape index (κ3) is 5.22. The molecule has 130 valence electrons. The van der Waals surface area contributed by atoms with Crippen molar-refractivity contribution in [3.05, 3.63) is 0 Å². The van der Waals surface area contributed by atoms with Gasteiger partial charge in [-0.2, -0.15) is 0 Å². The molecule has 0 aromatic heterocycles. The predicted octanol–water partition coefficient (Wildman–Crippen LogP) is -1.05. The first-order valence-electron chi connectivity index (χ1n) is 7.71. The Morgan fingerprint density at radius 2 is 1.78 bits per heavy atom. The smallest absolute Gasteiger partial charge is 0.245 e. The average Bonchev–Trinajstić information content (AvgIpc) is 2.48. The minimum atomic E-state index is -0.718. The van der Waals surface area contributed by atoms with Gasteiger partial charge in [-0.1, -0.05) is 13.8 Å². The maximum atomic E-state index is 12.5. The molecule has 1 rings (SSSR count). The van der Waals surface area contributed by atoms with Crippen molar-refractivity contribution in [1.29, 1.82) is 0 Å². The van der Waals surface area contributed by atoms with Gasteiger partial charge in [0, 0.05) is 14.1 Å². The number of hydrogen-bond donors (Lipinski definition) is 2. The fourth-order valence-electron chi connectivity index (χ4n) is 2.30. The first-order chi connectivity index (χ1) is 10.6. The van der Waals surface area contributed by atoms with E-state index in [1.165, 1.54) is 23.9 Å². The van der Waals surface area contributed by atoms with Crippen LogP contribution in [0.3, 0.4) is 0 Å². The Labute approximate surface area is 136 Å². The molecule has 0 aliphatic carbocycles. The molecule has 1 heterocycles. The highest BCUT2D eigenvalue weighted by molar-refractivity contribution is 5.95. The van der Waals surface area contributed by atoms with Gasteiger partial charge in [0.15, 0.2) is 0 Å². The summed E-state index contributed by atoms with van der Waals surface area (Å²) in [7, 11) is 3.02. The van der Waals surface area contributed by atoms with Gasteiger partial charge in [-0.05, 0) is 19.3 Å². The predicted molar refractivity (Wildman–Crippen MR) is 84.3 cm³/mol. The summed E-state index contributed by atoms with van der Waals surface area (Å²) < 4.78 is 0. The van der Waals surface area contributed by atoms with Gasteiger partial charge in [-0.15, -0.1) is 0 Å². The van der Waals surface area contributed by atoms with Crippen LogP contribution in [0.2, 0.25) is 0 Å². The number of rotatable bonds is 2. The summed E-state index contributed by atoms with van der Waals surface area (Å²) in [6.07, 6.45) is 0.462. The monoisotopic (exact) mass is 326 g/mol. The fraction of sp³-hybridized carbons (Fsp3) is 0.733. The normalized spacial score (nSPS) is 25.0. The lowest BCUT2D eigenvalue weighted by atomic mass is 10.0. The van der Waals surface area contributed by atoms with Gasteiger partial charge < -0.3 is 20.4 Å². The lowest BCUT2D eigenvalue weighted by Crippen LogP contribution is -2.56. The first-order valence-corrected chi connectivity index (χ1v) is 7.71. The minimum absolute atomic E-state index is 0.141. The van der Waals surface area contributed by atoms with Crippen LogP contribution in [-0.4, -0.2) is 72.7 Å². The van der Waals surface area contributed by atoms with Gasteiger partial charge in [0.25, 0.3) is 0 Å². The maximum Gasteiger partial charge on any atom is 0.245 e. The third-order valence-corrected chi connectivity index (χ3v) is 3.87. The second-order valence-electron chi connectivity index (χ2n) is 6.34. The summed E-state index contributed by atoms with van der Waals surface area (Å²) in [4.78, 5) is 51.2. The van der Waals surface area contributed by atoms with Crippen molar-refractivity contribution in [3.63, 3.8) is 0 Å². The zero-order valence-electron chi connectivity index (χ0n) is 14.4. The van der Waals surface area contributed by atoms with Crippen molar-refractivity contribution in [1.82, 2.24) is 20.4 Å². The molecule has 1 saturated heterocycles. The van der Waals surface area contributed by atoms with E-state index in [0.717, 1.165) is 0 Å². The van der Waals surface area contributed by atoms with Crippen LogP contribution in [0.25, 0.3) is 0 Å². The largest absolute Gasteiger partial charge is 0.345 e. The number of carbonyl (C=O) groups is 4. The summed E-state index contributed by atoms with van der Waals surface area (Å²) >= 11 is 0. The molecule has 4 amide bonds. The van der Waals surface area contributed by atoms with Gasteiger partial charge in [-0.3, -0.25) is 19.2 Å². The zero-order valence-corrected chi connectivity index (χ0v) is 14.4. The highest BCUT2D eigenvalue weighted by Gasteiger charge is 2.30. The van der Waals surface area contributed by atoms with Gasteiger partial charge in [0.05, 0.1) is 13.1 Å². The van der Waals surface area contributed by atoms with Crippen molar-refractivity contribution in [3.8, 4) is 0 Å². The van der Waals surface area contributed by atoms with Crippen LogP contribution in [0.5, 0.6) is 0 Å². The van der Waals surface area contributed by atoms with E-state index in [-0.39, 0.29) is 30.8 Å². The molecule has 8 heteroatoms. The number of nitrogens with zero attached hydrogens (tertiary/aromatic N) is 2. The third-order valence-electron chi connectivity index (χ3n) is 3.87. The second kappa shape index (κ2) is 7.94. The van der Waals surface area contributed by atoms with E-state index >= 15 is 0 Å². The highest BCUT2D eigenvalue weighted by atomic mass is 16.2. The summed E-state index contributed by atoms with van der Waals surface area (Å²) in [5, 5.41) is 5.12. The Bertz CT molecular complexity index is 492. The van der Waals surface area contributed by atoms with E-state index in [1.807, 2.05) is 13.8 Å². The molecule has 0 aromatic carbocycles. The van der Waals surface area contributed by atoms with Crippen LogP contribution in [0.15, 0.2) is 0 Å². The molecular weight excluding hydrogens is 300 g/mol. The van der Waals surface area contributed by atoms with Crippen molar-refractivity contribution in [2.24, 2.45) is 5.92 Å². The molecule has 0 radical (unpaired) electrons. The van der Waals surface area contributed by atoms with Crippen LogP contribution < -0.4 is 10.6 Å². The minimum Gasteiger partial charge on any atom is -0.345 e. The second-order valence-corrected chi connectivity index (χ2v) is 6.34. The molecular formula is C15H26N4O4. The molecule has 0 bridgehead atoms. The molecule has 0 aromatic rings. The van der Waals surface area contributed by atoms with Crippen LogP contribution >= 0.6 is 0 Å². The lowest BCUT2D eigenvalue weighted by molar-refractivity contribution is -0.145. The van der Waals surface area contributed by atoms with E-state index in [0.29, 0.717) is 6.42 Å². The van der Waals surface area contributed by atoms with Crippen LogP contribution in [-0.2, 0) is 19.2 Å². The standard InChI is InChI=1S/C15H26N4O4/c1-9(2)6-11-15(23)18(4)8-13(21)19(5)10(3)14(22)16-7-12(20)17-11/h9-11H,6-8H2,1-5H3,(H,16,22)(H,17,20)/t10-,11+/m1/s1. The molecule has 1 fully saturated rings. The number of carbonyl (C=O) groups excluding carboxylic acids is 4. The molecule has 1 aliphatic rings. The molecule has 2 N–H and O–H groups in total. The molecule has 2 atom stereocenters. The molecule has 1 aliphatic heterocycles. The van der Waals surface area contributed by atoms with E-state index in [4.69, 9.17) is 0 Å². The Morgan fingerprint density at radius 3 is 2.35 bits per heavy atom. The Kier molecular flexibility index (Phi) is 6.53. The van der Waals surface area contributed by atoms with E-state index < -0.39 is 23.9 Å². The highest BCUT2D eigenvalue weighted by Crippen LogP contribution is 2.08. The number of nitrogens with one attached hydrogen (secondary N) is 2. The number of amides is 4. The Balaban J connectivity index is 3.01. The molecule has 0 unspecified atom stereocenters. The van der Waals surface area contributed by atoms with Crippen molar-refractivity contribution >= 4 is 23.6 Å². The van der Waals surface area contributed by atoms with Crippen molar-refractivity contribution in [2.75, 3.05) is 27.2 Å². The van der Waals surface area contributed by atoms with Crippen molar-refractivity contribution in [2.45, 2.75) is 39.3 Å². The number of hydrogen-bond acceptors (Lipinski definition) is 4. The lowest BCUT2D eigenvalue weighted by Gasteiger charge is -2.30. The van der Waals surface area contributed by atoms with Crippen molar-refractivity contribution < 1.29 is 19.2 Å². The van der Waals surface area contributed by atoms with E-state index in [9.17, 15) is 19.2 Å². The number of likely N-dealkylation sites (N-methyl/N-ethyl adjacent to an activating group) is 2. The quantitative estimate of drug-likeness (QED) is 0.676. The van der Waals surface area contributed by atoms with Crippen LogP contribution in [0, 0.1) is 5.92 Å². The molecule has 23 heavy (non-hydrogen) atoms. The van der Waals surface area contributed by atoms with Crippen LogP contribution in [0.1, 0.15) is 27.2 Å². The van der Waals surface area contributed by atoms with Gasteiger partial charge in [0.2, 0.25) is 23.6 Å². The Hall–Kier alpha value is -2.12. The zero-order chi connectivity index (χ0) is 17.7. The summed E-state index contributed by atoms with van der Waals surface area (Å²) in [5.74, 6) is -1.29. The molecule has 0 saturated carbocycles. The summed E-state index contributed by atoms with van der Waals surface area (Å²) in [6.45, 7) is 5.09. The molecule has 0 spiro atoms. The van der Waals surface area contributed by atoms with Crippen LogP contribution in [0.4, 0.5) is 0 Å². The van der Waals surface area contributed by atoms with Gasteiger partial charge >= 0.3 is 0 Å². The topological polar surface area (TPSA) is 98.8 Å². The van der Waals surface area contributed by atoms with E-state index in [1.54, 1.807) is 6.92 Å².